The Hall–Kier alpha value is -4.62. The van der Waals surface area contributed by atoms with Gasteiger partial charge in [0.25, 0.3) is 5.56 Å². The molecule has 6 aromatic carbocycles. The van der Waals surface area contributed by atoms with E-state index in [0.717, 1.165) is 56.0 Å². The second kappa shape index (κ2) is 11.7. The third-order valence-corrected chi connectivity index (χ3v) is 8.82. The predicted octanol–water partition coefficient (Wildman–Crippen LogP) is 9.07. The van der Waals surface area contributed by atoms with Gasteiger partial charge in [-0.2, -0.15) is 60.7 Å². The third kappa shape index (κ3) is 4.52. The summed E-state index contributed by atoms with van der Waals surface area (Å²) in [4.78, 5) is 16.0. The Labute approximate surface area is 286 Å². The molecule has 0 bridgehead atoms. The Balaban J connectivity index is 0.00000325. The predicted molar refractivity (Wildman–Crippen MR) is 179 cm³/mol. The van der Waals surface area contributed by atoms with Gasteiger partial charge in [-0.3, -0.25) is 9.36 Å². The van der Waals surface area contributed by atoms with Crippen LogP contribution in [-0.4, -0.2) is 4.57 Å². The van der Waals surface area contributed by atoms with Gasteiger partial charge in [-0.05, 0) is 71.5 Å². The molecule has 7 aromatic rings. The first-order chi connectivity index (χ1) is 21.7. The van der Waals surface area contributed by atoms with E-state index in [1.807, 2.05) is 66.9 Å². The van der Waals surface area contributed by atoms with Gasteiger partial charge in [0.1, 0.15) is 0 Å². The van der Waals surface area contributed by atoms with Crippen molar-refractivity contribution in [3.63, 3.8) is 0 Å². The van der Waals surface area contributed by atoms with Crippen molar-refractivity contribution in [2.24, 2.45) is 0 Å². The molecular formula is C41H28N2OU. The second-order valence-corrected chi connectivity index (χ2v) is 11.2. The Kier molecular flexibility index (Phi) is 7.58. The van der Waals surface area contributed by atoms with Gasteiger partial charge in [0.2, 0.25) is 0 Å². The fourth-order valence-corrected chi connectivity index (χ4v) is 6.92. The smallest absolute Gasteiger partial charge is 0.310 e. The summed E-state index contributed by atoms with van der Waals surface area (Å²) in [7, 11) is 0. The second-order valence-electron chi connectivity index (χ2n) is 11.2. The number of fused-ring (bicyclic) bond motifs is 3. The number of para-hydroxylation sites is 3. The van der Waals surface area contributed by atoms with Crippen LogP contribution in [0.4, 0.5) is 17.1 Å². The van der Waals surface area contributed by atoms with Crippen LogP contribution in [0.3, 0.4) is 0 Å². The third-order valence-electron chi connectivity index (χ3n) is 8.82. The van der Waals surface area contributed by atoms with Crippen molar-refractivity contribution in [2.75, 3.05) is 4.90 Å². The molecule has 1 aliphatic rings. The molecular weight excluding hydrogens is 774 g/mol. The maximum atomic E-state index is 13.7. The van der Waals surface area contributed by atoms with Gasteiger partial charge in [-0.15, -0.1) is 11.1 Å². The molecule has 0 radical (unpaired) electrons. The molecule has 0 saturated carbocycles. The average molecular weight is 803 g/mol. The Bertz CT molecular complexity index is 2120. The minimum atomic E-state index is -0.623. The van der Waals surface area contributed by atoms with E-state index in [2.05, 4.69) is 109 Å². The number of aryl methyl sites for hydroxylation is 1. The minimum Gasteiger partial charge on any atom is -0.310 e. The van der Waals surface area contributed by atoms with Crippen molar-refractivity contribution >= 4 is 27.8 Å². The Morgan fingerprint density at radius 3 is 1.71 bits per heavy atom. The normalized spacial score (nSPS) is 13.0. The van der Waals surface area contributed by atoms with Crippen molar-refractivity contribution in [2.45, 2.75) is 12.3 Å². The van der Waals surface area contributed by atoms with Crippen LogP contribution in [0.1, 0.15) is 27.8 Å². The van der Waals surface area contributed by atoms with E-state index in [4.69, 9.17) is 0 Å². The van der Waals surface area contributed by atoms with Crippen molar-refractivity contribution in [1.82, 2.24) is 4.57 Å². The standard InChI is InChI=1S/C41H28N2O.U/c1-29-28-42(32-19-9-4-10-20-32)40(44)34-26-25-33(27-35(29)34)43-38-23-13-11-21-36(38)41(30-15-5-2-6-16-30,31-17-7-3-8-18-31)37-22-12-14-24-39(37)43;/h2-15,17,19-28H,1H3;/q-2;+2. The SMILES string of the molecule is Cc1cn(-c2ccccc2)c(=O)c2ccc(N3c4ccccc4C(c4[c-]cccc4)(c4[c-]cccc4)c4ccccc43)cc12.[U+2]. The summed E-state index contributed by atoms with van der Waals surface area (Å²) in [5, 5.41) is 1.64. The molecule has 1 aromatic heterocycles. The van der Waals surface area contributed by atoms with Crippen LogP contribution in [0, 0.1) is 50.2 Å². The molecule has 0 N–H and O–H groups in total. The number of hydrogen-bond donors (Lipinski definition) is 0. The van der Waals surface area contributed by atoms with Crippen LogP contribution in [0.5, 0.6) is 0 Å². The van der Waals surface area contributed by atoms with E-state index in [-0.39, 0.29) is 36.7 Å². The van der Waals surface area contributed by atoms with Crippen molar-refractivity contribution in [3.05, 3.63) is 202 Å². The van der Waals surface area contributed by atoms with Crippen LogP contribution < -0.4 is 10.5 Å². The summed E-state index contributed by atoms with van der Waals surface area (Å²) >= 11 is 0. The van der Waals surface area contributed by atoms with Crippen molar-refractivity contribution in [3.8, 4) is 5.69 Å². The van der Waals surface area contributed by atoms with Gasteiger partial charge in [-0.1, -0.05) is 54.6 Å². The molecule has 0 fully saturated rings. The molecule has 8 rings (SSSR count). The quantitative estimate of drug-likeness (QED) is 0.166. The van der Waals surface area contributed by atoms with E-state index in [1.165, 1.54) is 0 Å². The number of rotatable bonds is 4. The van der Waals surface area contributed by atoms with E-state index in [1.54, 1.807) is 4.57 Å². The monoisotopic (exact) mass is 802 g/mol. The molecule has 0 atom stereocenters. The van der Waals surface area contributed by atoms with Gasteiger partial charge in [-0.25, -0.2) is 0 Å². The molecule has 3 nitrogen and oxygen atoms in total. The van der Waals surface area contributed by atoms with E-state index < -0.39 is 5.41 Å². The van der Waals surface area contributed by atoms with E-state index in [9.17, 15) is 4.79 Å². The Morgan fingerprint density at radius 2 is 1.13 bits per heavy atom. The summed E-state index contributed by atoms with van der Waals surface area (Å²) < 4.78 is 1.74. The van der Waals surface area contributed by atoms with Gasteiger partial charge < -0.3 is 4.90 Å². The van der Waals surface area contributed by atoms with Crippen molar-refractivity contribution < 1.29 is 31.1 Å². The summed E-state index contributed by atoms with van der Waals surface area (Å²) in [6.45, 7) is 2.07. The molecule has 0 unspecified atom stereocenters. The molecule has 0 amide bonds. The Morgan fingerprint density at radius 1 is 0.578 bits per heavy atom. The zero-order chi connectivity index (χ0) is 29.7. The zero-order valence-corrected chi connectivity index (χ0v) is 28.9. The van der Waals surface area contributed by atoms with Gasteiger partial charge in [0, 0.05) is 28.4 Å². The number of anilines is 3. The number of aromatic nitrogens is 1. The van der Waals surface area contributed by atoms with Crippen LogP contribution in [-0.2, 0) is 5.41 Å². The number of benzene rings is 6. The largest absolute Gasteiger partial charge is 2.00 e. The first-order valence-electron chi connectivity index (χ1n) is 14.8. The van der Waals surface area contributed by atoms with Gasteiger partial charge in [0.05, 0.1) is 11.4 Å². The maximum Gasteiger partial charge on any atom is 2.00 e. The van der Waals surface area contributed by atoms with Crippen LogP contribution in [0.2, 0.25) is 0 Å². The summed E-state index contributed by atoms with van der Waals surface area (Å²) in [6, 6.07) is 57.0. The molecule has 4 heteroatoms. The fourth-order valence-electron chi connectivity index (χ4n) is 6.92. The minimum absolute atomic E-state index is 0. The molecule has 1 aliphatic heterocycles. The maximum absolute atomic E-state index is 13.7. The van der Waals surface area contributed by atoms with Crippen molar-refractivity contribution in [1.29, 1.82) is 0 Å². The van der Waals surface area contributed by atoms with Crippen LogP contribution in [0.15, 0.2) is 157 Å². The zero-order valence-electron chi connectivity index (χ0n) is 24.7. The van der Waals surface area contributed by atoms with E-state index in [0.29, 0.717) is 5.39 Å². The summed E-state index contributed by atoms with van der Waals surface area (Å²) in [5.74, 6) is 0. The molecule has 45 heavy (non-hydrogen) atoms. The van der Waals surface area contributed by atoms with Gasteiger partial charge in [0.15, 0.2) is 0 Å². The topological polar surface area (TPSA) is 25.2 Å². The molecule has 0 spiro atoms. The van der Waals surface area contributed by atoms with Crippen LogP contribution in [0.25, 0.3) is 16.5 Å². The molecule has 212 valence electrons. The summed E-state index contributed by atoms with van der Waals surface area (Å²) in [5.41, 5.74) is 8.85. The molecule has 0 aliphatic carbocycles. The van der Waals surface area contributed by atoms with Crippen LogP contribution >= 0.6 is 0 Å². The average Bonchev–Trinajstić information content (AvgIpc) is 3.10. The first kappa shape index (κ1) is 29.1. The number of pyridine rings is 1. The fraction of sp³-hybridized carbons (Fsp3) is 0.0488. The first-order valence-corrected chi connectivity index (χ1v) is 14.8. The molecule has 0 saturated heterocycles. The van der Waals surface area contributed by atoms with E-state index >= 15 is 0 Å². The number of hydrogen-bond acceptors (Lipinski definition) is 2. The molecule has 2 heterocycles. The summed E-state index contributed by atoms with van der Waals surface area (Å²) in [6.07, 6.45) is 1.95. The van der Waals surface area contributed by atoms with Gasteiger partial charge >= 0.3 is 31.1 Å². The number of nitrogens with zero attached hydrogens (tertiary/aromatic N) is 2.